The minimum absolute atomic E-state index is 0.148. The number of carbonyl (C=O) groups is 3. The van der Waals surface area contributed by atoms with Crippen molar-refractivity contribution < 1.29 is 14.4 Å². The number of nitrogens with zero attached hydrogens (tertiary/aromatic N) is 1. The van der Waals surface area contributed by atoms with E-state index in [-0.39, 0.29) is 13.1 Å². The standard InChI is InChI=1S/C15H15N3O3/c1-10-14(20)17-13(19)9-18(10)15(21)12-7-3-2-5-11(12)6-4-8-16/h2-3,5,7,10H,8-9,16H2,1H3,(H,17,19,20). The van der Waals surface area contributed by atoms with E-state index in [0.29, 0.717) is 11.1 Å². The number of imide groups is 1. The summed E-state index contributed by atoms with van der Waals surface area (Å²) in [5.74, 6) is 4.15. The summed E-state index contributed by atoms with van der Waals surface area (Å²) in [4.78, 5) is 36.9. The van der Waals surface area contributed by atoms with Gasteiger partial charge >= 0.3 is 0 Å². The van der Waals surface area contributed by atoms with Crippen LogP contribution in [0.3, 0.4) is 0 Å². The first kappa shape index (κ1) is 14.8. The topological polar surface area (TPSA) is 92.5 Å². The van der Waals surface area contributed by atoms with Crippen LogP contribution in [0.5, 0.6) is 0 Å². The molecular weight excluding hydrogens is 270 g/mol. The van der Waals surface area contributed by atoms with Crippen molar-refractivity contribution in [3.63, 3.8) is 0 Å². The second-order valence-electron chi connectivity index (χ2n) is 4.57. The molecule has 21 heavy (non-hydrogen) atoms. The Morgan fingerprint density at radius 2 is 2.14 bits per heavy atom. The monoisotopic (exact) mass is 285 g/mol. The fourth-order valence-electron chi connectivity index (χ4n) is 2.04. The third-order valence-electron chi connectivity index (χ3n) is 3.17. The van der Waals surface area contributed by atoms with Crippen LogP contribution in [0.1, 0.15) is 22.8 Å². The molecule has 1 fully saturated rings. The third kappa shape index (κ3) is 3.09. The summed E-state index contributed by atoms with van der Waals surface area (Å²) in [5, 5.41) is 2.20. The van der Waals surface area contributed by atoms with Crippen molar-refractivity contribution in [2.24, 2.45) is 5.73 Å². The van der Waals surface area contributed by atoms with Crippen molar-refractivity contribution in [3.05, 3.63) is 35.4 Å². The molecule has 0 radical (unpaired) electrons. The van der Waals surface area contributed by atoms with E-state index in [9.17, 15) is 14.4 Å². The molecule has 1 aromatic carbocycles. The zero-order valence-electron chi connectivity index (χ0n) is 11.6. The van der Waals surface area contributed by atoms with Gasteiger partial charge in [0.2, 0.25) is 11.8 Å². The molecule has 1 heterocycles. The Balaban J connectivity index is 2.35. The minimum atomic E-state index is -0.703. The number of nitrogens with two attached hydrogens (primary N) is 1. The summed E-state index contributed by atoms with van der Waals surface area (Å²) in [7, 11) is 0. The van der Waals surface area contributed by atoms with Gasteiger partial charge in [0, 0.05) is 5.56 Å². The fraction of sp³-hybridized carbons (Fsp3) is 0.267. The van der Waals surface area contributed by atoms with Gasteiger partial charge in [0.25, 0.3) is 5.91 Å². The van der Waals surface area contributed by atoms with Crippen LogP contribution in [-0.4, -0.2) is 41.8 Å². The number of hydrogen-bond donors (Lipinski definition) is 2. The molecule has 1 saturated heterocycles. The van der Waals surface area contributed by atoms with Crippen molar-refractivity contribution in [2.45, 2.75) is 13.0 Å². The highest BCUT2D eigenvalue weighted by atomic mass is 16.2. The van der Waals surface area contributed by atoms with Crippen LogP contribution in [0.4, 0.5) is 0 Å². The highest BCUT2D eigenvalue weighted by molar-refractivity contribution is 6.07. The van der Waals surface area contributed by atoms with Crippen LogP contribution < -0.4 is 11.1 Å². The molecule has 0 aromatic heterocycles. The number of nitrogens with one attached hydrogen (secondary N) is 1. The van der Waals surface area contributed by atoms with E-state index in [0.717, 1.165) is 0 Å². The van der Waals surface area contributed by atoms with Gasteiger partial charge in [-0.2, -0.15) is 0 Å². The molecule has 1 unspecified atom stereocenters. The molecule has 0 spiro atoms. The molecule has 1 aromatic rings. The second-order valence-corrected chi connectivity index (χ2v) is 4.57. The predicted molar refractivity (Wildman–Crippen MR) is 76.0 cm³/mol. The first-order chi connectivity index (χ1) is 10.0. The van der Waals surface area contributed by atoms with E-state index in [1.807, 2.05) is 0 Å². The number of piperazine rings is 1. The lowest BCUT2D eigenvalue weighted by atomic mass is 10.0. The summed E-state index contributed by atoms with van der Waals surface area (Å²) >= 11 is 0. The summed E-state index contributed by atoms with van der Waals surface area (Å²) in [5.41, 5.74) is 6.22. The molecule has 2 rings (SSSR count). The molecule has 1 atom stereocenters. The maximum absolute atomic E-state index is 12.6. The van der Waals surface area contributed by atoms with Crippen LogP contribution >= 0.6 is 0 Å². The summed E-state index contributed by atoms with van der Waals surface area (Å²) in [6.07, 6.45) is 0. The Morgan fingerprint density at radius 3 is 2.86 bits per heavy atom. The first-order valence-electron chi connectivity index (χ1n) is 6.47. The maximum Gasteiger partial charge on any atom is 0.256 e. The normalized spacial score (nSPS) is 17.8. The molecule has 108 valence electrons. The molecular formula is C15H15N3O3. The van der Waals surface area contributed by atoms with Gasteiger partial charge in [0.15, 0.2) is 0 Å². The Labute approximate surface area is 122 Å². The van der Waals surface area contributed by atoms with E-state index in [4.69, 9.17) is 5.73 Å². The zero-order valence-corrected chi connectivity index (χ0v) is 11.6. The maximum atomic E-state index is 12.6. The third-order valence-corrected chi connectivity index (χ3v) is 3.17. The van der Waals surface area contributed by atoms with Crippen molar-refractivity contribution in [1.29, 1.82) is 0 Å². The molecule has 0 saturated carbocycles. The number of benzene rings is 1. The van der Waals surface area contributed by atoms with Gasteiger partial charge in [-0.15, -0.1) is 0 Å². The van der Waals surface area contributed by atoms with E-state index in [1.165, 1.54) is 4.90 Å². The summed E-state index contributed by atoms with van der Waals surface area (Å²) in [6, 6.07) is 6.08. The highest BCUT2D eigenvalue weighted by Gasteiger charge is 2.34. The van der Waals surface area contributed by atoms with Crippen molar-refractivity contribution in [2.75, 3.05) is 13.1 Å². The van der Waals surface area contributed by atoms with E-state index in [2.05, 4.69) is 17.2 Å². The Bertz CT molecular complexity index is 658. The number of amides is 3. The van der Waals surface area contributed by atoms with Crippen LogP contribution in [0, 0.1) is 11.8 Å². The second kappa shape index (κ2) is 6.20. The number of carbonyl (C=O) groups excluding carboxylic acids is 3. The van der Waals surface area contributed by atoms with Crippen molar-refractivity contribution in [3.8, 4) is 11.8 Å². The van der Waals surface area contributed by atoms with Gasteiger partial charge in [-0.3, -0.25) is 19.7 Å². The largest absolute Gasteiger partial charge is 0.320 e. The lowest BCUT2D eigenvalue weighted by molar-refractivity contribution is -0.138. The van der Waals surface area contributed by atoms with Gasteiger partial charge < -0.3 is 10.6 Å². The zero-order chi connectivity index (χ0) is 15.4. The number of rotatable bonds is 1. The van der Waals surface area contributed by atoms with Gasteiger partial charge in [-0.05, 0) is 19.1 Å². The molecule has 0 bridgehead atoms. The minimum Gasteiger partial charge on any atom is -0.320 e. The van der Waals surface area contributed by atoms with Crippen molar-refractivity contribution >= 4 is 17.7 Å². The number of hydrogen-bond acceptors (Lipinski definition) is 4. The van der Waals surface area contributed by atoms with Gasteiger partial charge in [-0.25, -0.2) is 0 Å². The molecule has 3 N–H and O–H groups in total. The Hall–Kier alpha value is -2.65. The quantitative estimate of drug-likeness (QED) is 0.536. The molecule has 3 amide bonds. The molecule has 1 aliphatic rings. The van der Waals surface area contributed by atoms with Crippen molar-refractivity contribution in [1.82, 2.24) is 10.2 Å². The van der Waals surface area contributed by atoms with E-state index < -0.39 is 23.8 Å². The average Bonchev–Trinajstić information content (AvgIpc) is 2.48. The van der Waals surface area contributed by atoms with Crippen LogP contribution in [0.25, 0.3) is 0 Å². The van der Waals surface area contributed by atoms with Gasteiger partial charge in [-0.1, -0.05) is 24.0 Å². The lowest BCUT2D eigenvalue weighted by Gasteiger charge is -2.31. The Morgan fingerprint density at radius 1 is 1.43 bits per heavy atom. The smallest absolute Gasteiger partial charge is 0.256 e. The Kier molecular flexibility index (Phi) is 4.36. The van der Waals surface area contributed by atoms with Gasteiger partial charge in [0.1, 0.15) is 12.6 Å². The van der Waals surface area contributed by atoms with Gasteiger partial charge in [0.05, 0.1) is 12.1 Å². The highest BCUT2D eigenvalue weighted by Crippen LogP contribution is 2.15. The summed E-state index contributed by atoms with van der Waals surface area (Å²) in [6.45, 7) is 1.61. The van der Waals surface area contributed by atoms with E-state index >= 15 is 0 Å². The van der Waals surface area contributed by atoms with Crippen LogP contribution in [0.2, 0.25) is 0 Å². The molecule has 6 nitrogen and oxygen atoms in total. The first-order valence-corrected chi connectivity index (χ1v) is 6.47. The average molecular weight is 285 g/mol. The fourth-order valence-corrected chi connectivity index (χ4v) is 2.04. The van der Waals surface area contributed by atoms with Crippen LogP contribution in [-0.2, 0) is 9.59 Å². The molecule has 1 aliphatic heterocycles. The van der Waals surface area contributed by atoms with Crippen LogP contribution in [0.15, 0.2) is 24.3 Å². The van der Waals surface area contributed by atoms with E-state index in [1.54, 1.807) is 31.2 Å². The predicted octanol–water partition coefficient (Wildman–Crippen LogP) is -0.516. The lowest BCUT2D eigenvalue weighted by Crippen LogP contribution is -2.58. The SMILES string of the molecule is CC1C(=O)NC(=O)CN1C(=O)c1ccccc1C#CCN. The summed E-state index contributed by atoms with van der Waals surface area (Å²) < 4.78 is 0. The molecule has 0 aliphatic carbocycles. The molecule has 6 heteroatoms.